The molecule has 0 aliphatic carbocycles. The normalized spacial score (nSPS) is 26.5. The summed E-state index contributed by atoms with van der Waals surface area (Å²) >= 11 is 0. The van der Waals surface area contributed by atoms with Gasteiger partial charge in [-0.15, -0.1) is 0 Å². The van der Waals surface area contributed by atoms with Crippen LogP contribution in [0.5, 0.6) is 0 Å². The van der Waals surface area contributed by atoms with Gasteiger partial charge in [0, 0.05) is 32.8 Å². The summed E-state index contributed by atoms with van der Waals surface area (Å²) in [6, 6.07) is 0.661. The van der Waals surface area contributed by atoms with Gasteiger partial charge in [-0.05, 0) is 32.2 Å². The summed E-state index contributed by atoms with van der Waals surface area (Å²) < 4.78 is 5.56. The van der Waals surface area contributed by atoms with Crippen LogP contribution in [0.25, 0.3) is 0 Å². The quantitative estimate of drug-likeness (QED) is 0.652. The van der Waals surface area contributed by atoms with E-state index in [-0.39, 0.29) is 0 Å². The van der Waals surface area contributed by atoms with Crippen molar-refractivity contribution in [2.75, 3.05) is 33.3 Å². The Morgan fingerprint density at radius 2 is 2.16 bits per heavy atom. The van der Waals surface area contributed by atoms with E-state index in [0.29, 0.717) is 18.1 Å². The minimum atomic E-state index is 0.427. The predicted octanol–water partition coefficient (Wildman–Crippen LogP) is 2.90. The number of nitrogens with zero attached hydrogens (tertiary/aromatic N) is 1. The van der Waals surface area contributed by atoms with Gasteiger partial charge in [0.1, 0.15) is 0 Å². The van der Waals surface area contributed by atoms with Crippen LogP contribution in [0.1, 0.15) is 52.9 Å². The summed E-state index contributed by atoms with van der Waals surface area (Å²) in [6.45, 7) is 11.5. The number of rotatable bonds is 9. The molecule has 1 fully saturated rings. The van der Waals surface area contributed by atoms with E-state index in [1.165, 1.54) is 38.6 Å². The zero-order chi connectivity index (χ0) is 14.1. The van der Waals surface area contributed by atoms with Gasteiger partial charge in [-0.1, -0.05) is 33.1 Å². The molecule has 0 radical (unpaired) electrons. The highest BCUT2D eigenvalue weighted by atomic mass is 16.5. The Morgan fingerprint density at radius 1 is 1.37 bits per heavy atom. The SMILES string of the molecule is CCCCCC(C)NCCN1CCC(C)C(OC)C1. The second kappa shape index (κ2) is 9.73. The van der Waals surface area contributed by atoms with E-state index in [1.54, 1.807) is 0 Å². The maximum absolute atomic E-state index is 5.56. The van der Waals surface area contributed by atoms with Gasteiger partial charge < -0.3 is 10.1 Å². The molecule has 1 saturated heterocycles. The summed E-state index contributed by atoms with van der Waals surface area (Å²) in [4.78, 5) is 2.54. The second-order valence-electron chi connectivity index (χ2n) is 6.19. The molecule has 0 aromatic carbocycles. The lowest BCUT2D eigenvalue weighted by atomic mass is 9.96. The summed E-state index contributed by atoms with van der Waals surface area (Å²) in [6.07, 6.45) is 7.05. The van der Waals surface area contributed by atoms with E-state index in [2.05, 4.69) is 31.0 Å². The Hall–Kier alpha value is -0.120. The number of hydrogen-bond acceptors (Lipinski definition) is 3. The number of hydrogen-bond donors (Lipinski definition) is 1. The fourth-order valence-electron chi connectivity index (χ4n) is 2.88. The molecule has 0 amide bonds. The van der Waals surface area contributed by atoms with Crippen LogP contribution >= 0.6 is 0 Å². The first kappa shape index (κ1) is 16.9. The topological polar surface area (TPSA) is 24.5 Å². The van der Waals surface area contributed by atoms with E-state index < -0.39 is 0 Å². The minimum Gasteiger partial charge on any atom is -0.380 e. The zero-order valence-corrected chi connectivity index (χ0v) is 13.5. The summed E-state index contributed by atoms with van der Waals surface area (Å²) in [5.41, 5.74) is 0. The Kier molecular flexibility index (Phi) is 8.67. The van der Waals surface area contributed by atoms with Crippen molar-refractivity contribution in [1.82, 2.24) is 10.2 Å². The van der Waals surface area contributed by atoms with Gasteiger partial charge >= 0.3 is 0 Å². The van der Waals surface area contributed by atoms with E-state index in [4.69, 9.17) is 4.74 Å². The van der Waals surface area contributed by atoms with Crippen molar-refractivity contribution < 1.29 is 4.74 Å². The summed E-state index contributed by atoms with van der Waals surface area (Å²) in [7, 11) is 1.85. The molecule has 3 heteroatoms. The molecule has 1 rings (SSSR count). The molecule has 0 aromatic rings. The van der Waals surface area contributed by atoms with E-state index in [0.717, 1.165) is 19.6 Å². The molecular formula is C16H34N2O. The molecule has 3 atom stereocenters. The van der Waals surface area contributed by atoms with Crippen molar-refractivity contribution in [3.8, 4) is 0 Å². The molecule has 3 unspecified atom stereocenters. The lowest BCUT2D eigenvalue weighted by molar-refractivity contribution is -0.00456. The van der Waals surface area contributed by atoms with Gasteiger partial charge in [0.15, 0.2) is 0 Å². The van der Waals surface area contributed by atoms with Crippen LogP contribution in [-0.2, 0) is 4.74 Å². The third-order valence-corrected chi connectivity index (χ3v) is 4.44. The Balaban J connectivity index is 2.08. The number of likely N-dealkylation sites (tertiary alicyclic amines) is 1. The van der Waals surface area contributed by atoms with Crippen molar-refractivity contribution in [3.63, 3.8) is 0 Å². The first-order valence-corrected chi connectivity index (χ1v) is 8.15. The first-order chi connectivity index (χ1) is 9.17. The molecule has 1 heterocycles. The fourth-order valence-corrected chi connectivity index (χ4v) is 2.88. The van der Waals surface area contributed by atoms with E-state index in [9.17, 15) is 0 Å². The Morgan fingerprint density at radius 3 is 2.84 bits per heavy atom. The standard InChI is InChI=1S/C16H34N2O/c1-5-6-7-8-15(3)17-10-12-18-11-9-14(2)16(13-18)19-4/h14-17H,5-13H2,1-4H3. The van der Waals surface area contributed by atoms with Crippen molar-refractivity contribution in [1.29, 1.82) is 0 Å². The lowest BCUT2D eigenvalue weighted by Crippen LogP contribution is -2.46. The predicted molar refractivity (Wildman–Crippen MR) is 82.6 cm³/mol. The molecule has 1 aliphatic rings. The Bertz CT molecular complexity index is 223. The van der Waals surface area contributed by atoms with Crippen molar-refractivity contribution >= 4 is 0 Å². The molecule has 0 bridgehead atoms. The number of nitrogens with one attached hydrogen (secondary N) is 1. The molecule has 1 aliphatic heterocycles. The van der Waals surface area contributed by atoms with Crippen LogP contribution in [0.2, 0.25) is 0 Å². The second-order valence-corrected chi connectivity index (χ2v) is 6.19. The zero-order valence-electron chi connectivity index (χ0n) is 13.5. The number of ether oxygens (including phenoxy) is 1. The summed E-state index contributed by atoms with van der Waals surface area (Å²) in [5, 5.41) is 3.65. The lowest BCUT2D eigenvalue weighted by Gasteiger charge is -2.36. The van der Waals surface area contributed by atoms with Crippen LogP contribution in [0, 0.1) is 5.92 Å². The average Bonchev–Trinajstić information content (AvgIpc) is 2.41. The monoisotopic (exact) mass is 270 g/mol. The van der Waals surface area contributed by atoms with Gasteiger partial charge in [0.25, 0.3) is 0 Å². The van der Waals surface area contributed by atoms with Crippen LogP contribution in [0.15, 0.2) is 0 Å². The molecular weight excluding hydrogens is 236 g/mol. The van der Waals surface area contributed by atoms with Crippen LogP contribution in [0.3, 0.4) is 0 Å². The van der Waals surface area contributed by atoms with E-state index >= 15 is 0 Å². The number of piperidine rings is 1. The van der Waals surface area contributed by atoms with Crippen LogP contribution in [0.4, 0.5) is 0 Å². The maximum Gasteiger partial charge on any atom is 0.0724 e. The number of unbranched alkanes of at least 4 members (excludes halogenated alkanes) is 2. The van der Waals surface area contributed by atoms with Crippen molar-refractivity contribution in [2.45, 2.75) is 65.0 Å². The van der Waals surface area contributed by atoms with E-state index in [1.807, 2.05) is 7.11 Å². The maximum atomic E-state index is 5.56. The van der Waals surface area contributed by atoms with Gasteiger partial charge in [0.05, 0.1) is 6.10 Å². The Labute approximate surface area is 120 Å². The minimum absolute atomic E-state index is 0.427. The average molecular weight is 270 g/mol. The molecule has 19 heavy (non-hydrogen) atoms. The third kappa shape index (κ3) is 6.73. The van der Waals surface area contributed by atoms with Gasteiger partial charge in [-0.2, -0.15) is 0 Å². The highest BCUT2D eigenvalue weighted by Gasteiger charge is 2.25. The number of methoxy groups -OCH3 is 1. The molecule has 1 N–H and O–H groups in total. The highest BCUT2D eigenvalue weighted by molar-refractivity contribution is 4.79. The van der Waals surface area contributed by atoms with Gasteiger partial charge in [-0.3, -0.25) is 4.90 Å². The van der Waals surface area contributed by atoms with Gasteiger partial charge in [-0.25, -0.2) is 0 Å². The largest absolute Gasteiger partial charge is 0.380 e. The van der Waals surface area contributed by atoms with Crippen LogP contribution < -0.4 is 5.32 Å². The highest BCUT2D eigenvalue weighted by Crippen LogP contribution is 2.18. The van der Waals surface area contributed by atoms with Crippen molar-refractivity contribution in [2.24, 2.45) is 5.92 Å². The smallest absolute Gasteiger partial charge is 0.0724 e. The van der Waals surface area contributed by atoms with Crippen LogP contribution in [-0.4, -0.2) is 50.3 Å². The third-order valence-electron chi connectivity index (χ3n) is 4.44. The summed E-state index contributed by atoms with van der Waals surface area (Å²) in [5.74, 6) is 0.710. The fraction of sp³-hybridized carbons (Fsp3) is 1.00. The molecule has 0 spiro atoms. The first-order valence-electron chi connectivity index (χ1n) is 8.15. The molecule has 3 nitrogen and oxygen atoms in total. The van der Waals surface area contributed by atoms with Gasteiger partial charge in [0.2, 0.25) is 0 Å². The molecule has 0 saturated carbocycles. The molecule has 0 aromatic heterocycles. The van der Waals surface area contributed by atoms with Crippen molar-refractivity contribution in [3.05, 3.63) is 0 Å². The molecule has 114 valence electrons.